The van der Waals surface area contributed by atoms with E-state index < -0.39 is 0 Å². The number of anilines is 1. The van der Waals surface area contributed by atoms with Gasteiger partial charge in [0.15, 0.2) is 5.82 Å². The molecule has 24 heavy (non-hydrogen) atoms. The lowest BCUT2D eigenvalue weighted by molar-refractivity contribution is 0.105. The Morgan fingerprint density at radius 3 is 3.00 bits per heavy atom. The molecule has 3 aromatic rings. The molecule has 7 heteroatoms. The van der Waals surface area contributed by atoms with E-state index in [4.69, 9.17) is 4.74 Å². The summed E-state index contributed by atoms with van der Waals surface area (Å²) >= 11 is 0. The fourth-order valence-electron chi connectivity index (χ4n) is 2.78. The number of nitrogens with zero attached hydrogens (tertiary/aromatic N) is 4. The van der Waals surface area contributed by atoms with E-state index in [9.17, 15) is 0 Å². The molecule has 1 unspecified atom stereocenters. The molecule has 0 bridgehead atoms. The van der Waals surface area contributed by atoms with Crippen molar-refractivity contribution in [2.75, 3.05) is 11.9 Å². The fraction of sp³-hybridized carbons (Fsp3) is 0.294. The summed E-state index contributed by atoms with van der Waals surface area (Å²) in [5, 5.41) is 10.5. The van der Waals surface area contributed by atoms with E-state index in [1.165, 1.54) is 6.33 Å². The van der Waals surface area contributed by atoms with Crippen molar-refractivity contribution in [3.63, 3.8) is 0 Å². The van der Waals surface area contributed by atoms with Crippen LogP contribution < -0.4 is 5.32 Å². The number of ether oxygens (including phenoxy) is 1. The third-order valence-electron chi connectivity index (χ3n) is 3.99. The molecule has 0 radical (unpaired) electrons. The molecular weight excluding hydrogens is 304 g/mol. The zero-order chi connectivity index (χ0) is 16.2. The maximum atomic E-state index is 5.61. The van der Waals surface area contributed by atoms with Gasteiger partial charge in [0.05, 0.1) is 6.54 Å². The Hall–Kier alpha value is -2.80. The first-order valence-electron chi connectivity index (χ1n) is 8.02. The molecule has 4 rings (SSSR count). The van der Waals surface area contributed by atoms with Gasteiger partial charge < -0.3 is 10.1 Å². The SMILES string of the molecule is c1ccc(-c2cncnc2NCc2nc(C3CCCO3)n[nH]2)cc1. The maximum Gasteiger partial charge on any atom is 0.179 e. The molecule has 2 aromatic heterocycles. The molecule has 1 aromatic carbocycles. The number of benzene rings is 1. The molecular formula is C17H18N6O. The van der Waals surface area contributed by atoms with Crippen LogP contribution in [-0.4, -0.2) is 31.8 Å². The van der Waals surface area contributed by atoms with E-state index >= 15 is 0 Å². The molecule has 1 atom stereocenters. The molecule has 7 nitrogen and oxygen atoms in total. The number of hydrogen-bond donors (Lipinski definition) is 2. The van der Waals surface area contributed by atoms with Crippen molar-refractivity contribution in [3.05, 3.63) is 54.5 Å². The van der Waals surface area contributed by atoms with E-state index in [0.29, 0.717) is 6.54 Å². The van der Waals surface area contributed by atoms with E-state index in [-0.39, 0.29) is 6.10 Å². The number of H-pyrrole nitrogens is 1. The summed E-state index contributed by atoms with van der Waals surface area (Å²) in [5.41, 5.74) is 2.02. The molecule has 0 saturated carbocycles. The largest absolute Gasteiger partial charge is 0.370 e. The van der Waals surface area contributed by atoms with Gasteiger partial charge in [-0.2, -0.15) is 5.10 Å². The van der Waals surface area contributed by atoms with E-state index in [0.717, 1.165) is 48.0 Å². The second-order valence-electron chi connectivity index (χ2n) is 5.65. The third kappa shape index (κ3) is 3.11. The van der Waals surface area contributed by atoms with Crippen LogP contribution in [0.15, 0.2) is 42.9 Å². The van der Waals surface area contributed by atoms with Crippen LogP contribution in [0.1, 0.15) is 30.6 Å². The van der Waals surface area contributed by atoms with Crippen LogP contribution in [0, 0.1) is 0 Å². The Labute approximate surface area is 139 Å². The number of rotatable bonds is 5. The average molecular weight is 322 g/mol. The van der Waals surface area contributed by atoms with Crippen LogP contribution >= 0.6 is 0 Å². The Kier molecular flexibility index (Phi) is 4.16. The van der Waals surface area contributed by atoms with Gasteiger partial charge in [-0.1, -0.05) is 30.3 Å². The summed E-state index contributed by atoms with van der Waals surface area (Å²) in [5.74, 6) is 2.26. The molecule has 1 saturated heterocycles. The predicted molar refractivity (Wildman–Crippen MR) is 89.1 cm³/mol. The summed E-state index contributed by atoms with van der Waals surface area (Å²) < 4.78 is 5.61. The van der Waals surface area contributed by atoms with Crippen LogP contribution in [0.3, 0.4) is 0 Å². The standard InChI is InChI=1S/C17H18N6O/c1-2-5-12(6-3-1)13-9-18-11-20-16(13)19-10-15-21-17(23-22-15)14-7-4-8-24-14/h1-3,5-6,9,11,14H,4,7-8,10H2,(H,18,19,20)(H,21,22,23). The van der Waals surface area contributed by atoms with Crippen molar-refractivity contribution in [1.82, 2.24) is 25.1 Å². The summed E-state index contributed by atoms with van der Waals surface area (Å²) in [6, 6.07) is 10.1. The van der Waals surface area contributed by atoms with Gasteiger partial charge in [-0.3, -0.25) is 5.10 Å². The lowest BCUT2D eigenvalue weighted by Crippen LogP contribution is -2.05. The minimum Gasteiger partial charge on any atom is -0.370 e. The Balaban J connectivity index is 1.48. The fourth-order valence-corrected chi connectivity index (χ4v) is 2.78. The zero-order valence-corrected chi connectivity index (χ0v) is 13.1. The van der Waals surface area contributed by atoms with Crippen molar-refractivity contribution in [1.29, 1.82) is 0 Å². The highest BCUT2D eigenvalue weighted by molar-refractivity contribution is 5.73. The summed E-state index contributed by atoms with van der Waals surface area (Å²) in [6.45, 7) is 1.30. The van der Waals surface area contributed by atoms with Crippen molar-refractivity contribution in [2.24, 2.45) is 0 Å². The monoisotopic (exact) mass is 322 g/mol. The van der Waals surface area contributed by atoms with E-state index in [1.54, 1.807) is 0 Å². The minimum atomic E-state index is 0.0222. The number of hydrogen-bond acceptors (Lipinski definition) is 6. The Bertz CT molecular complexity index is 798. The first-order valence-corrected chi connectivity index (χ1v) is 8.02. The quantitative estimate of drug-likeness (QED) is 0.751. The second kappa shape index (κ2) is 6.76. The summed E-state index contributed by atoms with van der Waals surface area (Å²) in [4.78, 5) is 13.0. The third-order valence-corrected chi connectivity index (χ3v) is 3.99. The van der Waals surface area contributed by atoms with E-state index in [2.05, 4.69) is 30.5 Å². The van der Waals surface area contributed by atoms with Crippen molar-refractivity contribution in [3.8, 4) is 11.1 Å². The van der Waals surface area contributed by atoms with Gasteiger partial charge in [0.25, 0.3) is 0 Å². The molecule has 1 aliphatic heterocycles. The highest BCUT2D eigenvalue weighted by atomic mass is 16.5. The molecule has 0 spiro atoms. The van der Waals surface area contributed by atoms with Crippen LogP contribution in [0.4, 0.5) is 5.82 Å². The molecule has 1 aliphatic rings. The Morgan fingerprint density at radius 1 is 1.25 bits per heavy atom. The lowest BCUT2D eigenvalue weighted by Gasteiger charge is -2.09. The normalized spacial score (nSPS) is 17.1. The van der Waals surface area contributed by atoms with Gasteiger partial charge >= 0.3 is 0 Å². The first kappa shape index (κ1) is 14.8. The van der Waals surface area contributed by atoms with Crippen molar-refractivity contribution < 1.29 is 4.74 Å². The van der Waals surface area contributed by atoms with Gasteiger partial charge in [-0.05, 0) is 18.4 Å². The summed E-state index contributed by atoms with van der Waals surface area (Å²) in [6.07, 6.45) is 5.41. The number of aromatic nitrogens is 5. The average Bonchev–Trinajstić information content (AvgIpc) is 3.32. The molecule has 1 fully saturated rings. The highest BCUT2D eigenvalue weighted by Gasteiger charge is 2.21. The van der Waals surface area contributed by atoms with Gasteiger partial charge in [-0.25, -0.2) is 15.0 Å². The molecule has 0 amide bonds. The van der Waals surface area contributed by atoms with E-state index in [1.807, 2.05) is 36.5 Å². The van der Waals surface area contributed by atoms with Gasteiger partial charge in [-0.15, -0.1) is 0 Å². The first-order chi connectivity index (χ1) is 11.9. The molecule has 2 N–H and O–H groups in total. The highest BCUT2D eigenvalue weighted by Crippen LogP contribution is 2.26. The molecule has 122 valence electrons. The van der Waals surface area contributed by atoms with Crippen LogP contribution in [0.2, 0.25) is 0 Å². The number of aromatic amines is 1. The van der Waals surface area contributed by atoms with Gasteiger partial charge in [0.2, 0.25) is 0 Å². The minimum absolute atomic E-state index is 0.0222. The number of nitrogens with one attached hydrogen (secondary N) is 2. The predicted octanol–water partition coefficient (Wildman–Crippen LogP) is 2.73. The second-order valence-corrected chi connectivity index (χ2v) is 5.65. The maximum absolute atomic E-state index is 5.61. The van der Waals surface area contributed by atoms with Crippen molar-refractivity contribution in [2.45, 2.75) is 25.5 Å². The zero-order valence-electron chi connectivity index (χ0n) is 13.1. The Morgan fingerprint density at radius 2 is 2.17 bits per heavy atom. The molecule has 3 heterocycles. The smallest absolute Gasteiger partial charge is 0.179 e. The molecule has 0 aliphatic carbocycles. The topological polar surface area (TPSA) is 88.6 Å². The van der Waals surface area contributed by atoms with Crippen molar-refractivity contribution >= 4 is 5.82 Å². The van der Waals surface area contributed by atoms with Gasteiger partial charge in [0.1, 0.15) is 24.1 Å². The summed E-state index contributed by atoms with van der Waals surface area (Å²) in [7, 11) is 0. The van der Waals surface area contributed by atoms with Crippen LogP contribution in [0.25, 0.3) is 11.1 Å². The van der Waals surface area contributed by atoms with Gasteiger partial charge in [0, 0.05) is 18.4 Å². The van der Waals surface area contributed by atoms with Crippen LogP contribution in [-0.2, 0) is 11.3 Å². The lowest BCUT2D eigenvalue weighted by atomic mass is 10.1. The van der Waals surface area contributed by atoms with Crippen LogP contribution in [0.5, 0.6) is 0 Å².